The maximum Gasteiger partial charge on any atom is 0.460 e. The van der Waals surface area contributed by atoms with E-state index in [2.05, 4.69) is 10.9 Å². The van der Waals surface area contributed by atoms with Crippen LogP contribution < -0.4 is 0 Å². The molecule has 1 aromatic heterocycles. The number of hydrogen-bond acceptors (Lipinski definition) is 2. The van der Waals surface area contributed by atoms with Gasteiger partial charge >= 0.3 is 12.1 Å². The predicted molar refractivity (Wildman–Crippen MR) is 44.6 cm³/mol. The lowest BCUT2D eigenvalue weighted by Gasteiger charge is -2.16. The third kappa shape index (κ3) is 2.26. The zero-order valence-corrected chi connectivity index (χ0v) is 7.92. The summed E-state index contributed by atoms with van der Waals surface area (Å²) in [6.07, 6.45) is -0.822. The molecule has 0 fully saturated rings. The minimum absolute atomic E-state index is 0.0430. The molecular formula is C8H4F5NS. The van der Waals surface area contributed by atoms with Crippen LogP contribution in [0.4, 0.5) is 22.0 Å². The SMILES string of the molecule is C#CCc1csc(C(F)(F)C(F)(F)F)n1. The van der Waals surface area contributed by atoms with Crippen molar-refractivity contribution >= 4 is 11.3 Å². The summed E-state index contributed by atoms with van der Waals surface area (Å²) in [7, 11) is 0. The number of halogens is 5. The van der Waals surface area contributed by atoms with Crippen LogP contribution in [-0.2, 0) is 12.3 Å². The summed E-state index contributed by atoms with van der Waals surface area (Å²) in [5.74, 6) is -2.81. The van der Waals surface area contributed by atoms with Gasteiger partial charge in [-0.2, -0.15) is 22.0 Å². The van der Waals surface area contributed by atoms with Crippen molar-refractivity contribution in [2.75, 3.05) is 0 Å². The van der Waals surface area contributed by atoms with Gasteiger partial charge in [0.2, 0.25) is 0 Å². The second kappa shape index (κ2) is 3.77. The molecule has 15 heavy (non-hydrogen) atoms. The van der Waals surface area contributed by atoms with E-state index in [9.17, 15) is 22.0 Å². The molecule has 7 heteroatoms. The molecule has 0 aliphatic heterocycles. The second-order valence-electron chi connectivity index (χ2n) is 2.60. The average Bonchev–Trinajstić information content (AvgIpc) is 2.51. The maximum atomic E-state index is 12.7. The first kappa shape index (κ1) is 11.9. The summed E-state index contributed by atoms with van der Waals surface area (Å²) < 4.78 is 61.0. The molecule has 82 valence electrons. The third-order valence-corrected chi connectivity index (χ3v) is 2.42. The van der Waals surface area contributed by atoms with Crippen LogP contribution in [0.15, 0.2) is 5.38 Å². The van der Waals surface area contributed by atoms with E-state index in [0.29, 0.717) is 0 Å². The van der Waals surface area contributed by atoms with E-state index in [1.54, 1.807) is 0 Å². The summed E-state index contributed by atoms with van der Waals surface area (Å²) in [6.45, 7) is 0. The van der Waals surface area contributed by atoms with Gasteiger partial charge in [-0.25, -0.2) is 4.98 Å². The fraction of sp³-hybridized carbons (Fsp3) is 0.375. The molecule has 1 heterocycles. The van der Waals surface area contributed by atoms with Crippen LogP contribution >= 0.6 is 11.3 Å². The number of alkyl halides is 5. The van der Waals surface area contributed by atoms with Crippen LogP contribution in [0.1, 0.15) is 10.7 Å². The molecule has 0 aromatic carbocycles. The molecule has 0 bridgehead atoms. The first-order valence-corrected chi connectivity index (χ1v) is 4.50. The van der Waals surface area contributed by atoms with E-state index in [4.69, 9.17) is 6.42 Å². The van der Waals surface area contributed by atoms with Gasteiger partial charge in [-0.1, -0.05) is 0 Å². The fourth-order valence-electron chi connectivity index (χ4n) is 0.758. The van der Waals surface area contributed by atoms with Gasteiger partial charge < -0.3 is 0 Å². The van der Waals surface area contributed by atoms with Crippen LogP contribution in [0.5, 0.6) is 0 Å². The highest BCUT2D eigenvalue weighted by atomic mass is 32.1. The Morgan fingerprint density at radius 1 is 1.33 bits per heavy atom. The highest BCUT2D eigenvalue weighted by Gasteiger charge is 2.60. The summed E-state index contributed by atoms with van der Waals surface area (Å²) in [5.41, 5.74) is 0.0430. The van der Waals surface area contributed by atoms with Gasteiger partial charge in [-0.05, 0) is 0 Å². The van der Waals surface area contributed by atoms with Crippen LogP contribution in [-0.4, -0.2) is 11.2 Å². The van der Waals surface area contributed by atoms with E-state index in [1.165, 1.54) is 0 Å². The van der Waals surface area contributed by atoms with Crippen molar-refractivity contribution in [3.05, 3.63) is 16.1 Å². The van der Waals surface area contributed by atoms with Crippen molar-refractivity contribution in [2.45, 2.75) is 18.5 Å². The van der Waals surface area contributed by atoms with E-state index >= 15 is 0 Å². The number of rotatable bonds is 2. The van der Waals surface area contributed by atoms with Crippen molar-refractivity contribution in [1.82, 2.24) is 4.98 Å². The molecule has 0 spiro atoms. The number of terminal acetylenes is 1. The highest BCUT2D eigenvalue weighted by Crippen LogP contribution is 2.44. The number of nitrogens with zero attached hydrogens (tertiary/aromatic N) is 1. The van der Waals surface area contributed by atoms with Crippen LogP contribution in [0.3, 0.4) is 0 Å². The number of aromatic nitrogens is 1. The molecule has 1 rings (SSSR count). The Kier molecular flexibility index (Phi) is 3.00. The third-order valence-electron chi connectivity index (χ3n) is 1.46. The Bertz CT molecular complexity index is 386. The van der Waals surface area contributed by atoms with Gasteiger partial charge in [0.1, 0.15) is 0 Å². The lowest BCUT2D eigenvalue weighted by molar-refractivity contribution is -0.289. The first-order chi connectivity index (χ1) is 6.79. The van der Waals surface area contributed by atoms with Crippen molar-refractivity contribution < 1.29 is 22.0 Å². The monoisotopic (exact) mass is 241 g/mol. The minimum Gasteiger partial charge on any atom is -0.239 e. The number of hydrogen-bond donors (Lipinski definition) is 0. The summed E-state index contributed by atoms with van der Waals surface area (Å²) in [5, 5.41) is -0.185. The summed E-state index contributed by atoms with van der Waals surface area (Å²) >= 11 is 0.247. The van der Waals surface area contributed by atoms with Crippen molar-refractivity contribution in [1.29, 1.82) is 0 Å². The topological polar surface area (TPSA) is 12.9 Å². The van der Waals surface area contributed by atoms with Gasteiger partial charge in [0.25, 0.3) is 0 Å². The lowest BCUT2D eigenvalue weighted by Crippen LogP contribution is -2.33. The normalized spacial score (nSPS) is 12.5. The number of thiazole rings is 1. The minimum atomic E-state index is -5.63. The summed E-state index contributed by atoms with van der Waals surface area (Å²) in [4.78, 5) is 3.14. The Labute approximate surface area is 85.9 Å². The van der Waals surface area contributed by atoms with Crippen LogP contribution in [0.25, 0.3) is 0 Å². The predicted octanol–water partition coefficient (Wildman–Crippen LogP) is 2.97. The Hall–Kier alpha value is -1.16. The van der Waals surface area contributed by atoms with Gasteiger partial charge in [0, 0.05) is 5.38 Å². The van der Waals surface area contributed by atoms with Crippen LogP contribution in [0, 0.1) is 12.3 Å². The largest absolute Gasteiger partial charge is 0.460 e. The van der Waals surface area contributed by atoms with Crippen LogP contribution in [0.2, 0.25) is 0 Å². The molecular weight excluding hydrogens is 237 g/mol. The first-order valence-electron chi connectivity index (χ1n) is 3.62. The molecule has 0 radical (unpaired) electrons. The smallest absolute Gasteiger partial charge is 0.239 e. The molecule has 0 N–H and O–H groups in total. The molecule has 0 saturated carbocycles. The molecule has 0 aliphatic carbocycles. The maximum absolute atomic E-state index is 12.7. The average molecular weight is 241 g/mol. The molecule has 1 aromatic rings. The van der Waals surface area contributed by atoms with Crippen molar-refractivity contribution in [2.24, 2.45) is 0 Å². The van der Waals surface area contributed by atoms with Gasteiger partial charge in [-0.3, -0.25) is 0 Å². The van der Waals surface area contributed by atoms with E-state index in [1.807, 2.05) is 0 Å². The Morgan fingerprint density at radius 2 is 1.93 bits per heavy atom. The molecule has 0 atom stereocenters. The molecule has 0 saturated heterocycles. The Morgan fingerprint density at radius 3 is 2.40 bits per heavy atom. The van der Waals surface area contributed by atoms with Crippen molar-refractivity contribution in [3.63, 3.8) is 0 Å². The Balaban J connectivity index is 3.02. The van der Waals surface area contributed by atoms with Gasteiger partial charge in [0.15, 0.2) is 5.01 Å². The van der Waals surface area contributed by atoms with E-state index in [-0.39, 0.29) is 23.5 Å². The zero-order valence-electron chi connectivity index (χ0n) is 7.11. The highest BCUT2D eigenvalue weighted by molar-refractivity contribution is 7.09. The molecule has 0 aliphatic rings. The standard InChI is InChI=1S/C8H4F5NS/c1-2-3-5-4-15-6(14-5)7(9,10)8(11,12)13/h1,4H,3H2. The summed E-state index contributed by atoms with van der Waals surface area (Å²) in [6, 6.07) is 0. The second-order valence-corrected chi connectivity index (χ2v) is 3.46. The fourth-order valence-corrected chi connectivity index (χ4v) is 1.58. The van der Waals surface area contributed by atoms with Gasteiger partial charge in [0.05, 0.1) is 12.1 Å². The molecule has 1 nitrogen and oxygen atoms in total. The van der Waals surface area contributed by atoms with E-state index < -0.39 is 17.1 Å². The zero-order chi connectivity index (χ0) is 11.7. The quantitative estimate of drug-likeness (QED) is 0.573. The molecule has 0 unspecified atom stereocenters. The molecule has 0 amide bonds. The van der Waals surface area contributed by atoms with E-state index in [0.717, 1.165) is 5.38 Å². The lowest BCUT2D eigenvalue weighted by atomic mass is 10.3. The van der Waals surface area contributed by atoms with Crippen molar-refractivity contribution in [3.8, 4) is 12.3 Å². The van der Waals surface area contributed by atoms with Gasteiger partial charge in [-0.15, -0.1) is 23.7 Å².